The fraction of sp³-hybridized carbons (Fsp3) is 0.400. The van der Waals surface area contributed by atoms with Gasteiger partial charge in [-0.1, -0.05) is 6.92 Å². The van der Waals surface area contributed by atoms with Gasteiger partial charge in [0.15, 0.2) is 0 Å². The van der Waals surface area contributed by atoms with Crippen LogP contribution in [0.3, 0.4) is 0 Å². The normalized spacial score (nSPS) is 11.6. The van der Waals surface area contributed by atoms with Crippen LogP contribution in [0.5, 0.6) is 0 Å². The minimum Gasteiger partial charge on any atom is -0.401 e. The molecule has 7 heteroatoms. The minimum atomic E-state index is -0.500. The van der Waals surface area contributed by atoms with Crippen molar-refractivity contribution in [2.75, 3.05) is 0 Å². The maximum absolute atomic E-state index is 11.5. The number of allylic oxidation sites excluding steroid dienone is 1. The molecule has 1 aromatic heterocycles. The molecule has 0 radical (unpaired) electrons. The number of nitrogens with zero attached hydrogens (tertiary/aromatic N) is 2. The molecule has 17 heavy (non-hydrogen) atoms. The van der Waals surface area contributed by atoms with E-state index in [9.17, 15) is 9.59 Å². The lowest BCUT2D eigenvalue weighted by atomic mass is 10.4. The molecule has 1 aromatic rings. The van der Waals surface area contributed by atoms with Crippen molar-refractivity contribution in [3.8, 4) is 0 Å². The van der Waals surface area contributed by atoms with Gasteiger partial charge < -0.3 is 5.73 Å². The van der Waals surface area contributed by atoms with Crippen LogP contribution < -0.4 is 22.8 Å². The molecule has 0 aliphatic heterocycles. The van der Waals surface area contributed by atoms with Crippen LogP contribution in [-0.2, 0) is 6.67 Å². The van der Waals surface area contributed by atoms with E-state index in [1.54, 1.807) is 13.1 Å². The van der Waals surface area contributed by atoms with Gasteiger partial charge in [0.25, 0.3) is 5.56 Å². The van der Waals surface area contributed by atoms with E-state index in [2.05, 4.69) is 4.98 Å². The Labute approximate surface area is 98.3 Å². The van der Waals surface area contributed by atoms with Gasteiger partial charge in [-0.05, 0) is 13.3 Å². The van der Waals surface area contributed by atoms with Gasteiger partial charge in [-0.2, -0.15) is 0 Å². The molecule has 0 saturated heterocycles. The summed E-state index contributed by atoms with van der Waals surface area (Å²) in [5.41, 5.74) is 5.79. The van der Waals surface area contributed by atoms with E-state index in [4.69, 9.17) is 11.6 Å². The monoisotopic (exact) mass is 239 g/mol. The fourth-order valence-corrected chi connectivity index (χ4v) is 1.24. The summed E-state index contributed by atoms with van der Waals surface area (Å²) >= 11 is 0. The van der Waals surface area contributed by atoms with Crippen LogP contribution in [0.1, 0.15) is 18.9 Å². The smallest absolute Gasteiger partial charge is 0.329 e. The Bertz CT molecular complexity index is 528. The molecule has 0 aliphatic carbocycles. The Balaban J connectivity index is 2.93. The zero-order valence-corrected chi connectivity index (χ0v) is 9.93. The first-order valence-corrected chi connectivity index (χ1v) is 5.22. The topological polar surface area (TPSA) is 110 Å². The molecule has 0 saturated carbocycles. The van der Waals surface area contributed by atoms with Crippen molar-refractivity contribution in [3.05, 3.63) is 44.5 Å². The van der Waals surface area contributed by atoms with Gasteiger partial charge in [-0.15, -0.1) is 0 Å². The summed E-state index contributed by atoms with van der Waals surface area (Å²) in [4.78, 5) is 24.8. The van der Waals surface area contributed by atoms with Crippen molar-refractivity contribution in [1.82, 2.24) is 14.6 Å². The molecular weight excluding hydrogens is 222 g/mol. The highest BCUT2D eigenvalue weighted by Gasteiger charge is 2.02. The molecule has 0 spiro atoms. The van der Waals surface area contributed by atoms with Gasteiger partial charge in [-0.3, -0.25) is 19.4 Å². The van der Waals surface area contributed by atoms with Crippen LogP contribution in [-0.4, -0.2) is 14.6 Å². The first kappa shape index (κ1) is 13.0. The van der Waals surface area contributed by atoms with Crippen molar-refractivity contribution in [3.63, 3.8) is 0 Å². The first-order chi connectivity index (χ1) is 7.93. The molecule has 1 rings (SSSR count). The van der Waals surface area contributed by atoms with Crippen LogP contribution in [0.15, 0.2) is 27.7 Å². The van der Waals surface area contributed by atoms with Crippen molar-refractivity contribution in [2.45, 2.75) is 26.9 Å². The molecule has 0 amide bonds. The van der Waals surface area contributed by atoms with Gasteiger partial charge in [0, 0.05) is 23.7 Å². The van der Waals surface area contributed by atoms with Gasteiger partial charge in [0.05, 0.1) is 0 Å². The average Bonchev–Trinajstić information content (AvgIpc) is 2.25. The Morgan fingerprint density at radius 2 is 2.24 bits per heavy atom. The summed E-state index contributed by atoms with van der Waals surface area (Å²) in [5, 5.41) is 1.29. The van der Waals surface area contributed by atoms with Crippen molar-refractivity contribution in [2.24, 2.45) is 11.6 Å². The molecule has 0 unspecified atom stereocenters. The van der Waals surface area contributed by atoms with Crippen molar-refractivity contribution >= 4 is 0 Å². The number of hydrazine groups is 1. The largest absolute Gasteiger partial charge is 0.401 e. The fourth-order valence-electron chi connectivity index (χ4n) is 1.24. The van der Waals surface area contributed by atoms with E-state index in [0.717, 1.165) is 0 Å². The zero-order valence-electron chi connectivity index (χ0n) is 9.93. The van der Waals surface area contributed by atoms with E-state index in [0.29, 0.717) is 17.7 Å². The molecule has 0 aliphatic rings. The summed E-state index contributed by atoms with van der Waals surface area (Å²) in [6.07, 6.45) is 3.68. The molecule has 0 bridgehead atoms. The predicted octanol–water partition coefficient (Wildman–Crippen LogP) is -0.812. The van der Waals surface area contributed by atoms with Crippen molar-refractivity contribution < 1.29 is 0 Å². The number of rotatable bonds is 4. The van der Waals surface area contributed by atoms with Crippen LogP contribution in [0, 0.1) is 6.92 Å². The van der Waals surface area contributed by atoms with Gasteiger partial charge in [0.2, 0.25) is 0 Å². The maximum Gasteiger partial charge on any atom is 0.329 e. The third kappa shape index (κ3) is 3.49. The number of nitrogens with one attached hydrogen (secondary N) is 1. The van der Waals surface area contributed by atoms with Crippen LogP contribution in [0.2, 0.25) is 0 Å². The maximum atomic E-state index is 11.5. The van der Waals surface area contributed by atoms with E-state index in [1.165, 1.54) is 15.8 Å². The molecule has 0 aromatic carbocycles. The quantitative estimate of drug-likeness (QED) is 0.470. The number of aromatic nitrogens is 2. The van der Waals surface area contributed by atoms with E-state index in [1.807, 2.05) is 6.92 Å². The van der Waals surface area contributed by atoms with Crippen molar-refractivity contribution in [1.29, 1.82) is 0 Å². The molecule has 0 atom stereocenters. The van der Waals surface area contributed by atoms with Crippen LogP contribution in [0.25, 0.3) is 0 Å². The van der Waals surface area contributed by atoms with E-state index in [-0.39, 0.29) is 6.67 Å². The van der Waals surface area contributed by atoms with Crippen LogP contribution in [0.4, 0.5) is 0 Å². The van der Waals surface area contributed by atoms with Gasteiger partial charge in [-0.25, -0.2) is 10.6 Å². The Hall–Kier alpha value is -2.02. The molecule has 94 valence electrons. The molecule has 1 heterocycles. The number of hydrogen-bond acceptors (Lipinski definition) is 5. The number of aryl methyl sites for hydroxylation is 1. The zero-order chi connectivity index (χ0) is 13.0. The second-order valence-corrected chi connectivity index (χ2v) is 3.75. The second-order valence-electron chi connectivity index (χ2n) is 3.75. The predicted molar refractivity (Wildman–Crippen MR) is 64.6 cm³/mol. The van der Waals surface area contributed by atoms with E-state index < -0.39 is 11.2 Å². The minimum absolute atomic E-state index is 0.122. The number of nitrogens with two attached hydrogens (primary N) is 2. The number of H-pyrrole nitrogens is 1. The van der Waals surface area contributed by atoms with Crippen LogP contribution >= 0.6 is 0 Å². The van der Waals surface area contributed by atoms with Gasteiger partial charge >= 0.3 is 5.69 Å². The summed E-state index contributed by atoms with van der Waals surface area (Å²) < 4.78 is 1.30. The average molecular weight is 239 g/mol. The Morgan fingerprint density at radius 3 is 2.82 bits per heavy atom. The highest BCUT2D eigenvalue weighted by molar-refractivity contribution is 5.01. The second kappa shape index (κ2) is 5.35. The summed E-state index contributed by atoms with van der Waals surface area (Å²) in [7, 11) is 0. The van der Waals surface area contributed by atoms with E-state index >= 15 is 0 Å². The molecule has 0 fully saturated rings. The first-order valence-electron chi connectivity index (χ1n) is 5.22. The molecule has 5 N–H and O–H groups in total. The lowest BCUT2D eigenvalue weighted by Gasteiger charge is -2.16. The summed E-state index contributed by atoms with van der Waals surface area (Å²) in [6, 6.07) is 0. The third-order valence-electron chi connectivity index (χ3n) is 2.24. The highest BCUT2D eigenvalue weighted by atomic mass is 16.2. The third-order valence-corrected chi connectivity index (χ3v) is 2.24. The Morgan fingerprint density at radius 1 is 1.59 bits per heavy atom. The summed E-state index contributed by atoms with van der Waals surface area (Å²) in [5.74, 6) is 5.66. The standard InChI is InChI=1S/C10H17N5O2/c1-3-8(11)5-15(12)6-14-4-7(2)9(16)13-10(14)17/h4-5H,3,6,11-12H2,1-2H3,(H,13,16,17)/b8-5-. The molecule has 7 nitrogen and oxygen atoms in total. The summed E-state index contributed by atoms with van der Waals surface area (Å²) in [6.45, 7) is 3.64. The molecular formula is C10H17N5O2. The number of hydrogen-bond donors (Lipinski definition) is 3. The number of aromatic amines is 1. The Kier molecular flexibility index (Phi) is 4.11. The highest BCUT2D eigenvalue weighted by Crippen LogP contribution is 1.93. The van der Waals surface area contributed by atoms with Gasteiger partial charge in [0.1, 0.15) is 6.67 Å². The lowest BCUT2D eigenvalue weighted by Crippen LogP contribution is -2.37. The SMILES string of the molecule is CC/C(N)=C/N(N)Cn1cc(C)c(=O)[nH]c1=O. The lowest BCUT2D eigenvalue weighted by molar-refractivity contribution is 0.303.